The van der Waals surface area contributed by atoms with Crippen LogP contribution in [0.2, 0.25) is 0 Å². The van der Waals surface area contributed by atoms with Gasteiger partial charge in [0, 0.05) is 18.4 Å². The van der Waals surface area contributed by atoms with E-state index in [2.05, 4.69) is 10.3 Å². The van der Waals surface area contributed by atoms with Gasteiger partial charge >= 0.3 is 0 Å². The van der Waals surface area contributed by atoms with Gasteiger partial charge in [-0.2, -0.15) is 0 Å². The summed E-state index contributed by atoms with van der Waals surface area (Å²) in [5.41, 5.74) is 5.28. The third-order valence-corrected chi connectivity index (χ3v) is 5.31. The molecule has 2 aromatic carbocycles. The molecule has 1 atom stereocenters. The molecular formula is C24H23N3O2. The second kappa shape index (κ2) is 7.87. The van der Waals surface area contributed by atoms with E-state index in [-0.39, 0.29) is 18.2 Å². The first-order chi connectivity index (χ1) is 14.0. The van der Waals surface area contributed by atoms with Crippen LogP contribution in [-0.4, -0.2) is 16.8 Å². The van der Waals surface area contributed by atoms with Gasteiger partial charge in [-0.25, -0.2) is 0 Å². The van der Waals surface area contributed by atoms with Crippen molar-refractivity contribution in [3.05, 3.63) is 94.8 Å². The monoisotopic (exact) mass is 385 g/mol. The first kappa shape index (κ1) is 18.9. The predicted octanol–water partition coefficient (Wildman–Crippen LogP) is 4.11. The van der Waals surface area contributed by atoms with Crippen molar-refractivity contribution >= 4 is 17.5 Å². The molecule has 1 aromatic heterocycles. The normalized spacial score (nSPS) is 15.3. The summed E-state index contributed by atoms with van der Waals surface area (Å²) in [5, 5.41) is 2.99. The van der Waals surface area contributed by atoms with E-state index in [1.54, 1.807) is 23.2 Å². The van der Waals surface area contributed by atoms with Crippen LogP contribution in [0.3, 0.4) is 0 Å². The molecule has 0 saturated heterocycles. The standard InChI is InChI=1S/C24H23N3O2/c1-16-7-5-10-19(13-16)27-21(23-20(24(27)29)11-6-12-25-23)14-22(28)26-15-18-9-4-3-8-17(18)2/h3-13,21H,14-15H2,1-2H3,(H,26,28). The molecule has 0 aliphatic carbocycles. The molecule has 1 aliphatic heterocycles. The van der Waals surface area contributed by atoms with E-state index in [1.807, 2.05) is 62.4 Å². The number of aryl methyl sites for hydroxylation is 2. The summed E-state index contributed by atoms with van der Waals surface area (Å²) in [5.74, 6) is -0.224. The predicted molar refractivity (Wildman–Crippen MR) is 113 cm³/mol. The minimum absolute atomic E-state index is 0.109. The molecule has 29 heavy (non-hydrogen) atoms. The molecule has 0 saturated carbocycles. The van der Waals surface area contributed by atoms with E-state index in [0.29, 0.717) is 17.8 Å². The highest BCUT2D eigenvalue weighted by Gasteiger charge is 2.39. The van der Waals surface area contributed by atoms with Crippen molar-refractivity contribution in [3.63, 3.8) is 0 Å². The molecule has 3 aromatic rings. The number of nitrogens with one attached hydrogen (secondary N) is 1. The maximum absolute atomic E-state index is 13.1. The van der Waals surface area contributed by atoms with Crippen LogP contribution in [-0.2, 0) is 11.3 Å². The molecule has 146 valence electrons. The Morgan fingerprint density at radius 1 is 1.07 bits per heavy atom. The van der Waals surface area contributed by atoms with Gasteiger partial charge in [-0.05, 0) is 54.8 Å². The highest BCUT2D eigenvalue weighted by molar-refractivity contribution is 6.11. The summed E-state index contributed by atoms with van der Waals surface area (Å²) in [6.07, 6.45) is 1.83. The van der Waals surface area contributed by atoms with Gasteiger partial charge in [0.15, 0.2) is 0 Å². The molecule has 1 aliphatic rings. The Balaban J connectivity index is 1.58. The molecule has 1 N–H and O–H groups in total. The van der Waals surface area contributed by atoms with Crippen molar-refractivity contribution < 1.29 is 9.59 Å². The summed E-state index contributed by atoms with van der Waals surface area (Å²) in [6, 6.07) is 18.8. The first-order valence-corrected chi connectivity index (χ1v) is 9.71. The summed E-state index contributed by atoms with van der Waals surface area (Å²) < 4.78 is 0. The Labute approximate surface area is 170 Å². The largest absolute Gasteiger partial charge is 0.352 e. The fraction of sp³-hybridized carbons (Fsp3) is 0.208. The molecule has 5 nitrogen and oxygen atoms in total. The van der Waals surface area contributed by atoms with Gasteiger partial charge in [0.2, 0.25) is 5.91 Å². The molecule has 2 amide bonds. The third-order valence-electron chi connectivity index (χ3n) is 5.31. The summed E-state index contributed by atoms with van der Waals surface area (Å²) in [4.78, 5) is 32.0. The molecule has 0 fully saturated rings. The van der Waals surface area contributed by atoms with Crippen molar-refractivity contribution in [2.45, 2.75) is 32.9 Å². The maximum Gasteiger partial charge on any atom is 0.260 e. The number of benzene rings is 2. The van der Waals surface area contributed by atoms with Gasteiger partial charge in [0.05, 0.1) is 23.7 Å². The van der Waals surface area contributed by atoms with Crippen molar-refractivity contribution in [2.75, 3.05) is 4.90 Å². The number of nitrogens with zero attached hydrogens (tertiary/aromatic N) is 2. The van der Waals surface area contributed by atoms with Crippen LogP contribution in [0.5, 0.6) is 0 Å². The molecule has 0 radical (unpaired) electrons. The molecule has 2 heterocycles. The van der Waals surface area contributed by atoms with Crippen LogP contribution < -0.4 is 10.2 Å². The van der Waals surface area contributed by atoms with Gasteiger partial charge in [0.1, 0.15) is 0 Å². The SMILES string of the molecule is Cc1cccc(N2C(=O)c3cccnc3C2CC(=O)NCc2ccccc2C)c1. The highest BCUT2D eigenvalue weighted by Crippen LogP contribution is 2.38. The number of fused-ring (bicyclic) bond motifs is 1. The number of rotatable bonds is 5. The average molecular weight is 385 g/mol. The highest BCUT2D eigenvalue weighted by atomic mass is 16.2. The van der Waals surface area contributed by atoms with Crippen molar-refractivity contribution in [3.8, 4) is 0 Å². The molecule has 0 bridgehead atoms. The first-order valence-electron chi connectivity index (χ1n) is 9.71. The van der Waals surface area contributed by atoms with Crippen LogP contribution >= 0.6 is 0 Å². The average Bonchev–Trinajstić information content (AvgIpc) is 2.99. The second-order valence-electron chi connectivity index (χ2n) is 7.37. The van der Waals surface area contributed by atoms with Crippen LogP contribution in [0.1, 0.15) is 45.2 Å². The van der Waals surface area contributed by atoms with Crippen molar-refractivity contribution in [1.82, 2.24) is 10.3 Å². The Morgan fingerprint density at radius 3 is 2.69 bits per heavy atom. The maximum atomic E-state index is 13.1. The van der Waals surface area contributed by atoms with E-state index >= 15 is 0 Å². The number of anilines is 1. The summed E-state index contributed by atoms with van der Waals surface area (Å²) >= 11 is 0. The number of pyridine rings is 1. The molecule has 1 unspecified atom stereocenters. The van der Waals surface area contributed by atoms with Crippen LogP contribution in [0.15, 0.2) is 66.9 Å². The number of aromatic nitrogens is 1. The Kier molecular flexibility index (Phi) is 5.12. The minimum atomic E-state index is -0.419. The van der Waals surface area contributed by atoms with E-state index in [1.165, 1.54) is 0 Å². The molecule has 0 spiro atoms. The Morgan fingerprint density at radius 2 is 1.90 bits per heavy atom. The zero-order valence-corrected chi connectivity index (χ0v) is 16.6. The van der Waals surface area contributed by atoms with E-state index in [0.717, 1.165) is 22.4 Å². The number of hydrogen-bond acceptors (Lipinski definition) is 3. The van der Waals surface area contributed by atoms with Crippen LogP contribution in [0.4, 0.5) is 5.69 Å². The molecular weight excluding hydrogens is 362 g/mol. The Bertz CT molecular complexity index is 1080. The lowest BCUT2D eigenvalue weighted by Gasteiger charge is -2.25. The fourth-order valence-electron chi connectivity index (χ4n) is 3.77. The van der Waals surface area contributed by atoms with Gasteiger partial charge in [0.25, 0.3) is 5.91 Å². The van der Waals surface area contributed by atoms with Crippen LogP contribution in [0, 0.1) is 13.8 Å². The molecule has 5 heteroatoms. The van der Waals surface area contributed by atoms with E-state index in [4.69, 9.17) is 0 Å². The lowest BCUT2D eigenvalue weighted by molar-refractivity contribution is -0.121. The lowest BCUT2D eigenvalue weighted by atomic mass is 10.1. The van der Waals surface area contributed by atoms with Gasteiger partial charge in [-0.3, -0.25) is 19.5 Å². The molecule has 4 rings (SSSR count). The van der Waals surface area contributed by atoms with Crippen molar-refractivity contribution in [2.24, 2.45) is 0 Å². The smallest absolute Gasteiger partial charge is 0.260 e. The quantitative estimate of drug-likeness (QED) is 0.719. The van der Waals surface area contributed by atoms with Gasteiger partial charge < -0.3 is 5.32 Å². The summed E-state index contributed by atoms with van der Waals surface area (Å²) in [6.45, 7) is 4.47. The number of amides is 2. The zero-order valence-electron chi connectivity index (χ0n) is 16.6. The Hall–Kier alpha value is -3.47. The van der Waals surface area contributed by atoms with E-state index < -0.39 is 6.04 Å². The minimum Gasteiger partial charge on any atom is -0.352 e. The van der Waals surface area contributed by atoms with Gasteiger partial charge in [-0.15, -0.1) is 0 Å². The van der Waals surface area contributed by atoms with E-state index in [9.17, 15) is 9.59 Å². The number of carbonyl (C=O) groups is 2. The fourth-order valence-corrected chi connectivity index (χ4v) is 3.77. The summed E-state index contributed by atoms with van der Waals surface area (Å²) in [7, 11) is 0. The van der Waals surface area contributed by atoms with Gasteiger partial charge in [-0.1, -0.05) is 36.4 Å². The number of hydrogen-bond donors (Lipinski definition) is 1. The van der Waals surface area contributed by atoms with Crippen LogP contribution in [0.25, 0.3) is 0 Å². The topological polar surface area (TPSA) is 62.3 Å². The van der Waals surface area contributed by atoms with Crippen molar-refractivity contribution in [1.29, 1.82) is 0 Å². The third kappa shape index (κ3) is 3.76. The lowest BCUT2D eigenvalue weighted by Crippen LogP contribution is -2.33. The number of carbonyl (C=O) groups excluding carboxylic acids is 2. The zero-order chi connectivity index (χ0) is 20.4. The second-order valence-corrected chi connectivity index (χ2v) is 7.37.